The molecule has 2 heterocycles. The molecule has 0 amide bonds. The van der Waals surface area contributed by atoms with Gasteiger partial charge in [-0.1, -0.05) is 13.3 Å². The topological polar surface area (TPSA) is 29.3 Å². The van der Waals surface area contributed by atoms with Crippen LogP contribution in [0.2, 0.25) is 0 Å². The van der Waals surface area contributed by atoms with Crippen molar-refractivity contribution in [3.05, 3.63) is 23.5 Å². The zero-order valence-corrected chi connectivity index (χ0v) is 11.6. The van der Waals surface area contributed by atoms with Crippen LogP contribution in [0.15, 0.2) is 17.8 Å². The lowest BCUT2D eigenvalue weighted by Crippen LogP contribution is -2.22. The van der Waals surface area contributed by atoms with Crippen molar-refractivity contribution in [1.29, 1.82) is 0 Å². The van der Waals surface area contributed by atoms with Crippen molar-refractivity contribution in [1.82, 2.24) is 14.7 Å². The van der Waals surface area contributed by atoms with E-state index < -0.39 is 0 Å². The van der Waals surface area contributed by atoms with Crippen molar-refractivity contribution in [2.45, 2.75) is 26.3 Å². The lowest BCUT2D eigenvalue weighted by Gasteiger charge is -2.13. The molecule has 0 saturated heterocycles. The minimum Gasteiger partial charge on any atom is -0.311 e. The zero-order chi connectivity index (χ0) is 12.1. The van der Waals surface area contributed by atoms with Gasteiger partial charge in [0.1, 0.15) is 0 Å². The van der Waals surface area contributed by atoms with E-state index in [1.807, 2.05) is 11.6 Å². The monoisotopic (exact) mass is 271 g/mol. The average molecular weight is 272 g/mol. The second-order valence-electron chi connectivity index (χ2n) is 4.21. The van der Waals surface area contributed by atoms with Crippen molar-refractivity contribution >= 4 is 27.9 Å². The normalized spacial score (nSPS) is 13.3. The van der Waals surface area contributed by atoms with E-state index in [9.17, 15) is 0 Å². The largest absolute Gasteiger partial charge is 0.311 e. The van der Waals surface area contributed by atoms with Gasteiger partial charge in [-0.25, -0.2) is 4.98 Å². The Morgan fingerprint density at radius 1 is 1.59 bits per heavy atom. The van der Waals surface area contributed by atoms with E-state index >= 15 is 0 Å². The van der Waals surface area contributed by atoms with Crippen LogP contribution in [0, 0.1) is 5.92 Å². The van der Waals surface area contributed by atoms with Crippen LogP contribution in [0.1, 0.15) is 25.5 Å². The van der Waals surface area contributed by atoms with Gasteiger partial charge in [-0.2, -0.15) is 0 Å². The highest BCUT2D eigenvalue weighted by atomic mass is 35.5. The number of fused-ring (bicyclic) bond motifs is 1. The quantitative estimate of drug-likeness (QED) is 0.784. The summed E-state index contributed by atoms with van der Waals surface area (Å²) in [5.41, 5.74) is 1.11. The number of rotatable bonds is 7. The third-order valence-electron chi connectivity index (χ3n) is 2.98. The van der Waals surface area contributed by atoms with Gasteiger partial charge in [0.15, 0.2) is 4.96 Å². The Bertz CT molecular complexity index is 423. The number of halogens is 1. The van der Waals surface area contributed by atoms with Crippen LogP contribution in [0.25, 0.3) is 4.96 Å². The Balaban J connectivity index is 1.80. The van der Waals surface area contributed by atoms with Crippen LogP contribution < -0.4 is 5.32 Å². The molecule has 0 aliphatic carbocycles. The van der Waals surface area contributed by atoms with Gasteiger partial charge in [0.25, 0.3) is 0 Å². The van der Waals surface area contributed by atoms with Gasteiger partial charge >= 0.3 is 0 Å². The van der Waals surface area contributed by atoms with Crippen molar-refractivity contribution < 1.29 is 0 Å². The van der Waals surface area contributed by atoms with Gasteiger partial charge < -0.3 is 5.32 Å². The van der Waals surface area contributed by atoms with Crippen molar-refractivity contribution in [3.8, 4) is 0 Å². The maximum Gasteiger partial charge on any atom is 0.193 e. The molecule has 17 heavy (non-hydrogen) atoms. The number of nitrogens with zero attached hydrogens (tertiary/aromatic N) is 2. The minimum absolute atomic E-state index is 0.677. The van der Waals surface area contributed by atoms with E-state index in [-0.39, 0.29) is 0 Å². The molecular formula is C12H18ClN3S. The first-order valence-electron chi connectivity index (χ1n) is 6.01. The maximum absolute atomic E-state index is 5.77. The molecule has 0 aromatic carbocycles. The number of alkyl halides is 1. The number of thiazole rings is 1. The first-order valence-corrected chi connectivity index (χ1v) is 7.42. The Kier molecular flexibility index (Phi) is 4.83. The van der Waals surface area contributed by atoms with Crippen LogP contribution in [0.3, 0.4) is 0 Å². The van der Waals surface area contributed by atoms with E-state index in [1.165, 1.54) is 6.42 Å². The standard InChI is InChI=1S/C12H18ClN3S/c1-2-10(3-4-13)7-14-8-11-9-16-5-6-17-12(16)15-11/h5-6,9-10,14H,2-4,7-8H2,1H3. The molecule has 3 nitrogen and oxygen atoms in total. The second-order valence-corrected chi connectivity index (χ2v) is 5.46. The fourth-order valence-corrected chi connectivity index (χ4v) is 2.90. The minimum atomic E-state index is 0.677. The molecule has 2 aromatic rings. The summed E-state index contributed by atoms with van der Waals surface area (Å²) < 4.78 is 2.07. The van der Waals surface area contributed by atoms with E-state index in [2.05, 4.69) is 27.8 Å². The van der Waals surface area contributed by atoms with E-state index in [1.54, 1.807) is 11.3 Å². The molecule has 1 unspecified atom stereocenters. The van der Waals surface area contributed by atoms with E-state index in [0.717, 1.165) is 36.0 Å². The lowest BCUT2D eigenvalue weighted by molar-refractivity contribution is 0.450. The summed E-state index contributed by atoms with van der Waals surface area (Å²) >= 11 is 7.43. The lowest BCUT2D eigenvalue weighted by atomic mass is 10.0. The molecule has 0 radical (unpaired) electrons. The molecule has 1 N–H and O–H groups in total. The first kappa shape index (κ1) is 12.9. The molecule has 0 saturated carbocycles. The second kappa shape index (κ2) is 6.38. The van der Waals surface area contributed by atoms with Gasteiger partial charge in [0, 0.05) is 30.2 Å². The van der Waals surface area contributed by atoms with Gasteiger partial charge in [-0.05, 0) is 18.9 Å². The number of nitrogens with one attached hydrogen (secondary N) is 1. The summed E-state index contributed by atoms with van der Waals surface area (Å²) in [6, 6.07) is 0. The smallest absolute Gasteiger partial charge is 0.193 e. The molecular weight excluding hydrogens is 254 g/mol. The Labute approximate surface area is 111 Å². The fraction of sp³-hybridized carbons (Fsp3) is 0.583. The molecule has 2 aromatic heterocycles. The third-order valence-corrected chi connectivity index (χ3v) is 3.97. The summed E-state index contributed by atoms with van der Waals surface area (Å²) in [7, 11) is 0. The highest BCUT2D eigenvalue weighted by Gasteiger charge is 2.06. The summed E-state index contributed by atoms with van der Waals surface area (Å²) in [6.45, 7) is 4.08. The van der Waals surface area contributed by atoms with Crippen LogP contribution >= 0.6 is 22.9 Å². The number of aromatic nitrogens is 2. The fourth-order valence-electron chi connectivity index (χ4n) is 1.87. The number of hydrogen-bond donors (Lipinski definition) is 1. The summed E-state index contributed by atoms with van der Waals surface area (Å²) in [6.07, 6.45) is 6.39. The van der Waals surface area contributed by atoms with E-state index in [0.29, 0.717) is 5.92 Å². The van der Waals surface area contributed by atoms with Crippen LogP contribution in [0.5, 0.6) is 0 Å². The first-order chi connectivity index (χ1) is 8.33. The third kappa shape index (κ3) is 3.44. The molecule has 0 fully saturated rings. The summed E-state index contributed by atoms with van der Waals surface area (Å²) in [5.74, 6) is 1.43. The van der Waals surface area contributed by atoms with E-state index in [4.69, 9.17) is 11.6 Å². The van der Waals surface area contributed by atoms with Crippen molar-refractivity contribution in [2.24, 2.45) is 5.92 Å². The van der Waals surface area contributed by atoms with Crippen LogP contribution in [-0.2, 0) is 6.54 Å². The molecule has 0 spiro atoms. The van der Waals surface area contributed by atoms with Crippen LogP contribution in [-0.4, -0.2) is 21.8 Å². The number of hydrogen-bond acceptors (Lipinski definition) is 3. The highest BCUT2D eigenvalue weighted by molar-refractivity contribution is 7.15. The van der Waals surface area contributed by atoms with Gasteiger partial charge in [0.2, 0.25) is 0 Å². The Morgan fingerprint density at radius 2 is 2.47 bits per heavy atom. The summed E-state index contributed by atoms with van der Waals surface area (Å²) in [4.78, 5) is 5.60. The van der Waals surface area contributed by atoms with Gasteiger partial charge in [-0.3, -0.25) is 4.40 Å². The summed E-state index contributed by atoms with van der Waals surface area (Å²) in [5, 5.41) is 5.51. The molecule has 2 rings (SSSR count). The molecule has 0 aliphatic heterocycles. The van der Waals surface area contributed by atoms with Crippen molar-refractivity contribution in [3.63, 3.8) is 0 Å². The molecule has 1 atom stereocenters. The molecule has 5 heteroatoms. The average Bonchev–Trinajstić information content (AvgIpc) is 2.88. The molecule has 0 aliphatic rings. The SMILES string of the molecule is CCC(CCCl)CNCc1cn2ccsc2n1. The highest BCUT2D eigenvalue weighted by Crippen LogP contribution is 2.12. The molecule has 0 bridgehead atoms. The van der Waals surface area contributed by atoms with Gasteiger partial charge in [0.05, 0.1) is 5.69 Å². The predicted octanol–water partition coefficient (Wildman–Crippen LogP) is 3.14. The zero-order valence-electron chi connectivity index (χ0n) is 10.0. The number of imidazole rings is 1. The molecule has 94 valence electrons. The predicted molar refractivity (Wildman–Crippen MR) is 73.9 cm³/mol. The van der Waals surface area contributed by atoms with Crippen molar-refractivity contribution in [2.75, 3.05) is 12.4 Å². The maximum atomic E-state index is 5.77. The Morgan fingerprint density at radius 3 is 3.18 bits per heavy atom. The van der Waals surface area contributed by atoms with Crippen LogP contribution in [0.4, 0.5) is 0 Å². The Hall–Kier alpha value is -0.580. The van der Waals surface area contributed by atoms with Gasteiger partial charge in [-0.15, -0.1) is 22.9 Å².